The quantitative estimate of drug-likeness (QED) is 0.308. The summed E-state index contributed by atoms with van der Waals surface area (Å²) >= 11 is 0. The van der Waals surface area contributed by atoms with E-state index < -0.39 is 30.5 Å². The summed E-state index contributed by atoms with van der Waals surface area (Å²) in [6.07, 6.45) is -4.97. The van der Waals surface area contributed by atoms with Crippen molar-refractivity contribution in [3.05, 3.63) is 10.4 Å². The van der Waals surface area contributed by atoms with E-state index in [1.807, 2.05) is 0 Å². The molecule has 7 heteroatoms. The van der Waals surface area contributed by atoms with Gasteiger partial charge in [0.1, 0.15) is 18.3 Å². The van der Waals surface area contributed by atoms with E-state index in [9.17, 15) is 15.3 Å². The second-order valence-electron chi connectivity index (χ2n) is 3.26. The van der Waals surface area contributed by atoms with Crippen LogP contribution in [0.5, 0.6) is 0 Å². The van der Waals surface area contributed by atoms with E-state index in [2.05, 4.69) is 10.0 Å². The van der Waals surface area contributed by atoms with Crippen molar-refractivity contribution in [2.75, 3.05) is 6.54 Å². The maximum absolute atomic E-state index is 9.43. The molecule has 3 N–H and O–H groups in total. The highest BCUT2D eigenvalue weighted by atomic mass is 16.5. The van der Waals surface area contributed by atoms with E-state index >= 15 is 0 Å². The van der Waals surface area contributed by atoms with Crippen LogP contribution < -0.4 is 0 Å². The third-order valence-corrected chi connectivity index (χ3v) is 2.28. The second-order valence-corrected chi connectivity index (χ2v) is 3.26. The molecule has 14 heavy (non-hydrogen) atoms. The molecular formula is C7H13N3O4. The normalized spacial score (nSPS) is 43.0. The van der Waals surface area contributed by atoms with Crippen molar-refractivity contribution >= 4 is 0 Å². The fraction of sp³-hybridized carbons (Fsp3) is 1.00. The molecule has 0 amide bonds. The smallest absolute Gasteiger partial charge is 0.111 e. The Hall–Kier alpha value is -0.850. The van der Waals surface area contributed by atoms with E-state index in [1.165, 1.54) is 0 Å². The minimum absolute atomic E-state index is 0.0637. The maximum Gasteiger partial charge on any atom is 0.111 e. The monoisotopic (exact) mass is 203 g/mol. The van der Waals surface area contributed by atoms with Crippen LogP contribution in [0.25, 0.3) is 10.4 Å². The number of hydrogen-bond acceptors (Lipinski definition) is 5. The zero-order valence-electron chi connectivity index (χ0n) is 7.69. The number of nitrogens with zero attached hydrogens (tertiary/aromatic N) is 3. The zero-order chi connectivity index (χ0) is 10.7. The molecule has 0 aromatic rings. The lowest BCUT2D eigenvalue weighted by Gasteiger charge is -2.38. The standard InChI is InChI=1S/C7H13N3O4/c1-3-5(11)7(13)6(12)4(14-3)2-9-10-8/h3-7,11-13H,2H2,1H3. The fourth-order valence-corrected chi connectivity index (χ4v) is 1.40. The van der Waals surface area contributed by atoms with Gasteiger partial charge in [-0.3, -0.25) is 0 Å². The molecule has 0 aromatic heterocycles. The van der Waals surface area contributed by atoms with Gasteiger partial charge in [-0.25, -0.2) is 0 Å². The lowest BCUT2D eigenvalue weighted by molar-refractivity contribution is -0.213. The predicted octanol–water partition coefficient (Wildman–Crippen LogP) is -0.833. The van der Waals surface area contributed by atoms with Crippen molar-refractivity contribution in [3.63, 3.8) is 0 Å². The topological polar surface area (TPSA) is 119 Å². The van der Waals surface area contributed by atoms with Crippen LogP contribution in [0.4, 0.5) is 0 Å². The van der Waals surface area contributed by atoms with Gasteiger partial charge < -0.3 is 20.1 Å². The highest BCUT2D eigenvalue weighted by molar-refractivity contribution is 4.91. The van der Waals surface area contributed by atoms with Gasteiger partial charge in [-0.1, -0.05) is 5.11 Å². The minimum atomic E-state index is -1.27. The van der Waals surface area contributed by atoms with Gasteiger partial charge in [0, 0.05) is 4.91 Å². The van der Waals surface area contributed by atoms with E-state index in [4.69, 9.17) is 10.3 Å². The molecule has 5 unspecified atom stereocenters. The second kappa shape index (κ2) is 4.59. The highest BCUT2D eigenvalue weighted by Gasteiger charge is 2.41. The fourth-order valence-electron chi connectivity index (χ4n) is 1.40. The molecule has 0 bridgehead atoms. The lowest BCUT2D eigenvalue weighted by atomic mass is 9.96. The summed E-state index contributed by atoms with van der Waals surface area (Å²) in [7, 11) is 0. The summed E-state index contributed by atoms with van der Waals surface area (Å²) in [6.45, 7) is 1.51. The lowest BCUT2D eigenvalue weighted by Crippen LogP contribution is -2.57. The molecule has 1 aliphatic rings. The van der Waals surface area contributed by atoms with Crippen LogP contribution in [0.3, 0.4) is 0 Å². The van der Waals surface area contributed by atoms with Crippen LogP contribution in [0.1, 0.15) is 6.92 Å². The molecule has 80 valence electrons. The summed E-state index contributed by atoms with van der Waals surface area (Å²) in [6, 6.07) is 0. The van der Waals surface area contributed by atoms with Crippen molar-refractivity contribution < 1.29 is 20.1 Å². The van der Waals surface area contributed by atoms with Crippen LogP contribution in [0, 0.1) is 0 Å². The largest absolute Gasteiger partial charge is 0.388 e. The molecule has 1 fully saturated rings. The van der Waals surface area contributed by atoms with Gasteiger partial charge in [0.2, 0.25) is 0 Å². The Bertz CT molecular complexity index is 243. The Morgan fingerprint density at radius 3 is 2.50 bits per heavy atom. The first kappa shape index (κ1) is 11.2. The van der Waals surface area contributed by atoms with Crippen molar-refractivity contribution in [1.29, 1.82) is 0 Å². The van der Waals surface area contributed by atoms with Gasteiger partial charge in [0.25, 0.3) is 0 Å². The van der Waals surface area contributed by atoms with Crippen LogP contribution in [-0.4, -0.2) is 52.4 Å². The molecule has 1 heterocycles. The van der Waals surface area contributed by atoms with Crippen molar-refractivity contribution in [2.24, 2.45) is 5.11 Å². The average Bonchev–Trinajstić information content (AvgIpc) is 2.18. The highest BCUT2D eigenvalue weighted by Crippen LogP contribution is 2.20. The van der Waals surface area contributed by atoms with Crippen molar-refractivity contribution in [1.82, 2.24) is 0 Å². The Kier molecular flexibility index (Phi) is 3.68. The van der Waals surface area contributed by atoms with Gasteiger partial charge in [-0.15, -0.1) is 0 Å². The van der Waals surface area contributed by atoms with E-state index in [1.54, 1.807) is 6.92 Å². The average molecular weight is 203 g/mol. The number of hydrogen-bond donors (Lipinski definition) is 3. The first-order valence-electron chi connectivity index (χ1n) is 4.28. The number of azide groups is 1. The first-order valence-corrected chi connectivity index (χ1v) is 4.28. The molecule has 0 aliphatic carbocycles. The number of rotatable bonds is 2. The van der Waals surface area contributed by atoms with Gasteiger partial charge in [0.05, 0.1) is 18.8 Å². The molecule has 1 aliphatic heterocycles. The van der Waals surface area contributed by atoms with E-state index in [0.29, 0.717) is 0 Å². The molecule has 1 rings (SSSR count). The predicted molar refractivity (Wildman–Crippen MR) is 46.4 cm³/mol. The van der Waals surface area contributed by atoms with Crippen LogP contribution in [0.15, 0.2) is 5.11 Å². The Labute approximate surface area is 80.6 Å². The molecule has 0 radical (unpaired) electrons. The summed E-state index contributed by atoms with van der Waals surface area (Å²) < 4.78 is 5.16. The third kappa shape index (κ3) is 2.14. The van der Waals surface area contributed by atoms with Crippen molar-refractivity contribution in [2.45, 2.75) is 37.4 Å². The Morgan fingerprint density at radius 1 is 1.29 bits per heavy atom. The third-order valence-electron chi connectivity index (χ3n) is 2.28. The minimum Gasteiger partial charge on any atom is -0.388 e. The number of aliphatic hydroxyl groups excluding tert-OH is 3. The summed E-state index contributed by atoms with van der Waals surface area (Å²) in [5.41, 5.74) is 8.08. The van der Waals surface area contributed by atoms with E-state index in [-0.39, 0.29) is 6.54 Å². The molecule has 5 atom stereocenters. The van der Waals surface area contributed by atoms with Gasteiger partial charge in [-0.05, 0) is 12.5 Å². The van der Waals surface area contributed by atoms with Crippen molar-refractivity contribution in [3.8, 4) is 0 Å². The summed E-state index contributed by atoms with van der Waals surface area (Å²) in [4.78, 5) is 2.52. The SMILES string of the molecule is CC1OC(CN=[N+]=[N-])C(O)C(O)C1O. The van der Waals surface area contributed by atoms with Gasteiger partial charge in [0.15, 0.2) is 0 Å². The molecular weight excluding hydrogens is 190 g/mol. The molecule has 0 spiro atoms. The summed E-state index contributed by atoms with van der Waals surface area (Å²) in [5.74, 6) is 0. The van der Waals surface area contributed by atoms with E-state index in [0.717, 1.165) is 0 Å². The first-order chi connectivity index (χ1) is 6.57. The molecule has 0 saturated carbocycles. The van der Waals surface area contributed by atoms with Gasteiger partial charge >= 0.3 is 0 Å². The van der Waals surface area contributed by atoms with Crippen LogP contribution in [-0.2, 0) is 4.74 Å². The zero-order valence-corrected chi connectivity index (χ0v) is 7.69. The summed E-state index contributed by atoms with van der Waals surface area (Å²) in [5, 5.41) is 31.4. The molecule has 1 saturated heterocycles. The van der Waals surface area contributed by atoms with Crippen LogP contribution in [0.2, 0.25) is 0 Å². The number of aliphatic hydroxyl groups is 3. The number of ether oxygens (including phenoxy) is 1. The Morgan fingerprint density at radius 2 is 1.93 bits per heavy atom. The molecule has 7 nitrogen and oxygen atoms in total. The molecule has 0 aromatic carbocycles. The van der Waals surface area contributed by atoms with Gasteiger partial charge in [-0.2, -0.15) is 0 Å². The maximum atomic E-state index is 9.43. The Balaban J connectivity index is 2.64. The van der Waals surface area contributed by atoms with Crippen LogP contribution >= 0.6 is 0 Å².